The Hall–Kier alpha value is -0.430. The van der Waals surface area contributed by atoms with Gasteiger partial charge in [-0.3, -0.25) is 0 Å². The monoisotopic (exact) mass is 302 g/mol. The zero-order valence-electron chi connectivity index (χ0n) is 11.1. The van der Waals surface area contributed by atoms with Crippen molar-refractivity contribution in [1.82, 2.24) is 10.0 Å². The van der Waals surface area contributed by atoms with Gasteiger partial charge in [-0.05, 0) is 50.1 Å². The molecule has 1 fully saturated rings. The summed E-state index contributed by atoms with van der Waals surface area (Å²) in [5.41, 5.74) is 0. The molecule has 1 aliphatic rings. The highest BCUT2D eigenvalue weighted by Crippen LogP contribution is 2.18. The highest BCUT2D eigenvalue weighted by Gasteiger charge is 2.19. The molecule has 2 rings (SSSR count). The maximum atomic E-state index is 11.7. The number of sulfonamides is 1. The predicted octanol–water partition coefficient (Wildman–Crippen LogP) is 1.74. The van der Waals surface area contributed by atoms with Crippen LogP contribution in [0, 0.1) is 0 Å². The van der Waals surface area contributed by atoms with Crippen molar-refractivity contribution in [2.45, 2.75) is 38.1 Å². The highest BCUT2D eigenvalue weighted by atomic mass is 32.2. The highest BCUT2D eigenvalue weighted by molar-refractivity contribution is 7.89. The zero-order chi connectivity index (χ0) is 13.6. The van der Waals surface area contributed by atoms with Gasteiger partial charge in [-0.2, -0.15) is 0 Å². The van der Waals surface area contributed by atoms with Crippen LogP contribution < -0.4 is 10.0 Å². The van der Waals surface area contributed by atoms with Gasteiger partial charge in [0.1, 0.15) is 0 Å². The molecule has 2 N–H and O–H groups in total. The summed E-state index contributed by atoms with van der Waals surface area (Å²) in [7, 11) is -3.09. The first-order valence-corrected chi connectivity index (χ1v) is 9.42. The maximum absolute atomic E-state index is 11.7. The average molecular weight is 302 g/mol. The fourth-order valence-electron chi connectivity index (χ4n) is 1.87. The normalized spacial score (nSPS) is 15.8. The second-order valence-corrected chi connectivity index (χ2v) is 7.94. The summed E-state index contributed by atoms with van der Waals surface area (Å²) >= 11 is 1.66. The molecule has 1 aliphatic carbocycles. The van der Waals surface area contributed by atoms with Crippen LogP contribution in [0.1, 0.15) is 30.6 Å². The fourth-order valence-corrected chi connectivity index (χ4v) is 3.72. The number of unbranched alkanes of at least 4 members (excludes halogenated alkanes) is 1. The third-order valence-corrected chi connectivity index (χ3v) is 5.53. The molecule has 1 heterocycles. The van der Waals surface area contributed by atoms with Crippen LogP contribution >= 0.6 is 11.3 Å². The molecule has 0 spiro atoms. The van der Waals surface area contributed by atoms with Crippen LogP contribution in [0.2, 0.25) is 0 Å². The van der Waals surface area contributed by atoms with Crippen molar-refractivity contribution in [3.8, 4) is 0 Å². The summed E-state index contributed by atoms with van der Waals surface area (Å²) in [5.74, 6) is 0.240. The molecule has 6 heteroatoms. The number of nitrogens with one attached hydrogen (secondary N) is 2. The Bertz CT molecular complexity index is 453. The minimum Gasteiger partial charge on any atom is -0.314 e. The molecule has 0 amide bonds. The Morgan fingerprint density at radius 1 is 1.26 bits per heavy atom. The van der Waals surface area contributed by atoms with E-state index in [1.54, 1.807) is 11.3 Å². The van der Waals surface area contributed by atoms with Gasteiger partial charge in [-0.25, -0.2) is 13.1 Å². The molecular weight excluding hydrogens is 280 g/mol. The lowest BCUT2D eigenvalue weighted by Crippen LogP contribution is -2.28. The molecular formula is C13H22N2O2S2. The van der Waals surface area contributed by atoms with E-state index >= 15 is 0 Å². The van der Waals surface area contributed by atoms with Crippen molar-refractivity contribution >= 4 is 21.4 Å². The molecule has 108 valence electrons. The Morgan fingerprint density at radius 3 is 2.79 bits per heavy atom. The number of rotatable bonds is 10. The van der Waals surface area contributed by atoms with E-state index in [4.69, 9.17) is 0 Å². The summed E-state index contributed by atoms with van der Waals surface area (Å²) in [4.78, 5) is 1.22. The first-order chi connectivity index (χ1) is 9.16. The van der Waals surface area contributed by atoms with E-state index in [1.165, 1.54) is 17.7 Å². The van der Waals surface area contributed by atoms with Gasteiger partial charge in [0.2, 0.25) is 10.0 Å². The van der Waals surface area contributed by atoms with Crippen molar-refractivity contribution in [1.29, 1.82) is 0 Å². The second kappa shape index (κ2) is 7.38. The summed E-state index contributed by atoms with van der Waals surface area (Å²) in [6.07, 6.45) is 5.00. The first kappa shape index (κ1) is 15.0. The Labute approximate surface area is 119 Å². The van der Waals surface area contributed by atoms with E-state index in [2.05, 4.69) is 10.0 Å². The van der Waals surface area contributed by atoms with Gasteiger partial charge in [0, 0.05) is 17.5 Å². The van der Waals surface area contributed by atoms with Gasteiger partial charge in [-0.1, -0.05) is 6.07 Å². The van der Waals surface area contributed by atoms with E-state index in [0.29, 0.717) is 12.6 Å². The van der Waals surface area contributed by atoms with Gasteiger partial charge in [0.05, 0.1) is 5.75 Å². The van der Waals surface area contributed by atoms with Crippen LogP contribution in [0.4, 0.5) is 0 Å². The molecule has 0 aliphatic heterocycles. The van der Waals surface area contributed by atoms with Crippen LogP contribution in [0.5, 0.6) is 0 Å². The fraction of sp³-hybridized carbons (Fsp3) is 0.692. The Balaban J connectivity index is 1.53. The minimum atomic E-state index is -3.09. The molecule has 0 bridgehead atoms. The third kappa shape index (κ3) is 6.51. The molecule has 1 aromatic heterocycles. The zero-order valence-corrected chi connectivity index (χ0v) is 12.7. The number of hydrogen-bond donors (Lipinski definition) is 2. The van der Waals surface area contributed by atoms with Gasteiger partial charge in [-0.15, -0.1) is 11.3 Å². The van der Waals surface area contributed by atoms with Gasteiger partial charge in [0.25, 0.3) is 0 Å². The number of thiophene rings is 1. The summed E-state index contributed by atoms with van der Waals surface area (Å²) in [6.45, 7) is 1.44. The third-order valence-electron chi connectivity index (χ3n) is 3.12. The first-order valence-electron chi connectivity index (χ1n) is 6.89. The van der Waals surface area contributed by atoms with Crippen LogP contribution in [-0.4, -0.2) is 33.3 Å². The molecule has 0 aromatic carbocycles. The van der Waals surface area contributed by atoms with E-state index in [-0.39, 0.29) is 5.75 Å². The molecule has 0 unspecified atom stereocenters. The topological polar surface area (TPSA) is 58.2 Å². The maximum Gasteiger partial charge on any atom is 0.211 e. The Morgan fingerprint density at radius 2 is 2.11 bits per heavy atom. The smallest absolute Gasteiger partial charge is 0.211 e. The standard InChI is InChI=1S/C13H22N2O2S2/c16-19(17,11-2-1-8-14-12-5-6-12)15-9-7-13-4-3-10-18-13/h3-4,10,12,14-15H,1-2,5-9,11H2. The predicted molar refractivity (Wildman–Crippen MR) is 80.1 cm³/mol. The van der Waals surface area contributed by atoms with Crippen LogP contribution in [0.15, 0.2) is 17.5 Å². The minimum absolute atomic E-state index is 0.240. The molecule has 1 saturated carbocycles. The summed E-state index contributed by atoms with van der Waals surface area (Å²) in [5, 5.41) is 5.40. The van der Waals surface area contributed by atoms with Crippen molar-refractivity contribution < 1.29 is 8.42 Å². The molecule has 19 heavy (non-hydrogen) atoms. The van der Waals surface area contributed by atoms with Gasteiger partial charge < -0.3 is 5.32 Å². The van der Waals surface area contributed by atoms with E-state index < -0.39 is 10.0 Å². The lowest BCUT2D eigenvalue weighted by atomic mass is 10.3. The number of hydrogen-bond acceptors (Lipinski definition) is 4. The Kier molecular flexibility index (Phi) is 5.81. The van der Waals surface area contributed by atoms with E-state index in [0.717, 1.165) is 25.8 Å². The van der Waals surface area contributed by atoms with Gasteiger partial charge >= 0.3 is 0 Å². The molecule has 1 aromatic rings. The van der Waals surface area contributed by atoms with Crippen LogP contribution in [0.25, 0.3) is 0 Å². The molecule has 0 saturated heterocycles. The molecule has 0 radical (unpaired) electrons. The lowest BCUT2D eigenvalue weighted by molar-refractivity contribution is 0.573. The quantitative estimate of drug-likeness (QED) is 0.647. The molecule has 4 nitrogen and oxygen atoms in total. The van der Waals surface area contributed by atoms with Crippen molar-refractivity contribution in [3.63, 3.8) is 0 Å². The van der Waals surface area contributed by atoms with Gasteiger partial charge in [0.15, 0.2) is 0 Å². The van der Waals surface area contributed by atoms with E-state index in [9.17, 15) is 8.42 Å². The summed E-state index contributed by atoms with van der Waals surface area (Å²) in [6, 6.07) is 4.73. The van der Waals surface area contributed by atoms with Crippen molar-refractivity contribution in [2.24, 2.45) is 0 Å². The van der Waals surface area contributed by atoms with Crippen LogP contribution in [0.3, 0.4) is 0 Å². The van der Waals surface area contributed by atoms with E-state index in [1.807, 2.05) is 17.5 Å². The SMILES string of the molecule is O=S(=O)(CCCCNC1CC1)NCCc1cccs1. The van der Waals surface area contributed by atoms with Crippen molar-refractivity contribution in [2.75, 3.05) is 18.8 Å². The van der Waals surface area contributed by atoms with Crippen LogP contribution in [-0.2, 0) is 16.4 Å². The summed E-state index contributed by atoms with van der Waals surface area (Å²) < 4.78 is 26.1. The average Bonchev–Trinajstić information content (AvgIpc) is 3.04. The second-order valence-electron chi connectivity index (χ2n) is 4.98. The largest absolute Gasteiger partial charge is 0.314 e. The lowest BCUT2D eigenvalue weighted by Gasteiger charge is -2.06. The van der Waals surface area contributed by atoms with Crippen molar-refractivity contribution in [3.05, 3.63) is 22.4 Å². The molecule has 0 atom stereocenters.